The number of carbonyl (C=O) groups excluding carboxylic acids is 1. The van der Waals surface area contributed by atoms with E-state index in [1.165, 1.54) is 11.8 Å². The summed E-state index contributed by atoms with van der Waals surface area (Å²) in [7, 11) is 0. The number of nitrogens with two attached hydrogens (primary N) is 1. The van der Waals surface area contributed by atoms with Gasteiger partial charge in [-0.15, -0.1) is 0 Å². The van der Waals surface area contributed by atoms with Crippen LogP contribution in [0.25, 0.3) is 0 Å². The van der Waals surface area contributed by atoms with Gasteiger partial charge in [0.25, 0.3) is 0 Å². The van der Waals surface area contributed by atoms with Crippen LogP contribution >= 0.6 is 11.8 Å². The van der Waals surface area contributed by atoms with Gasteiger partial charge in [-0.3, -0.25) is 4.79 Å². The van der Waals surface area contributed by atoms with Gasteiger partial charge in [0.1, 0.15) is 0 Å². The molecule has 6 bridgehead atoms. The van der Waals surface area contributed by atoms with Crippen LogP contribution in [0, 0.1) is 29.5 Å². The molecule has 2 fully saturated rings. The quantitative estimate of drug-likeness (QED) is 0.770. The Balaban J connectivity index is 1.54. The Kier molecular flexibility index (Phi) is 4.50. The Morgan fingerprint density at radius 2 is 2.18 bits per heavy atom. The molecule has 1 aliphatic heterocycles. The van der Waals surface area contributed by atoms with Crippen molar-refractivity contribution in [3.8, 4) is 0 Å². The van der Waals surface area contributed by atoms with Crippen LogP contribution in [0.1, 0.15) is 24.1 Å². The third-order valence-corrected chi connectivity index (χ3v) is 8.00. The average Bonchev–Trinajstić information content (AvgIpc) is 3.22. The zero-order valence-corrected chi connectivity index (χ0v) is 16.3. The number of rotatable bonds is 1. The molecule has 2 heterocycles. The number of nitrogens with zero attached hydrogens (tertiary/aromatic N) is 2. The summed E-state index contributed by atoms with van der Waals surface area (Å²) in [6.07, 6.45) is 4.71. The molecule has 2 aromatic rings. The summed E-state index contributed by atoms with van der Waals surface area (Å²) in [5.41, 5.74) is 8.28. The second kappa shape index (κ2) is 7.03. The third-order valence-electron chi connectivity index (χ3n) is 6.59. The van der Waals surface area contributed by atoms with Gasteiger partial charge < -0.3 is 11.1 Å². The standard InChI is InChI=1S/C21H23FN4OS/c22-16-10-24-21-25-13-3-1-2-11(6-13)4-5-28-18-8-12-7-14(18)15(9-17(16)26-21)19(12)20(23)27/h1-3,6,10,12,14-15,18-19H,4-5,7-9H2,(H2,23,27)(H,24,25,26)/t12-,14-,15+,18+,19-/m0/s1. The predicted octanol–water partition coefficient (Wildman–Crippen LogP) is 3.32. The van der Waals surface area contributed by atoms with Gasteiger partial charge in [-0.25, -0.2) is 14.4 Å². The Bertz CT molecular complexity index is 923. The summed E-state index contributed by atoms with van der Waals surface area (Å²) < 4.78 is 14.5. The number of hydrogen-bond acceptors (Lipinski definition) is 5. The van der Waals surface area contributed by atoms with Crippen molar-refractivity contribution in [2.75, 3.05) is 11.1 Å². The minimum atomic E-state index is -0.415. The van der Waals surface area contributed by atoms with Gasteiger partial charge in [-0.2, -0.15) is 11.8 Å². The number of hydrogen-bond donors (Lipinski definition) is 2. The minimum absolute atomic E-state index is 0.0618. The zero-order valence-electron chi connectivity index (χ0n) is 15.5. The number of primary amides is 1. The van der Waals surface area contributed by atoms with E-state index in [1.807, 2.05) is 23.9 Å². The first-order valence-electron chi connectivity index (χ1n) is 9.87. The van der Waals surface area contributed by atoms with Gasteiger partial charge in [0.15, 0.2) is 5.82 Å². The summed E-state index contributed by atoms with van der Waals surface area (Å²) in [5.74, 6) is 1.37. The van der Waals surface area contributed by atoms with Crippen LogP contribution in [-0.4, -0.2) is 26.9 Å². The normalized spacial score (nSPS) is 31.1. The van der Waals surface area contributed by atoms with Crippen molar-refractivity contribution >= 4 is 29.3 Å². The zero-order chi connectivity index (χ0) is 19.3. The Morgan fingerprint density at radius 1 is 1.29 bits per heavy atom. The van der Waals surface area contributed by atoms with Crippen molar-refractivity contribution in [2.45, 2.75) is 30.9 Å². The largest absolute Gasteiger partial charge is 0.369 e. The van der Waals surface area contributed by atoms with E-state index < -0.39 is 5.82 Å². The molecule has 3 aliphatic rings. The summed E-state index contributed by atoms with van der Waals surface area (Å²) in [6, 6.07) is 8.21. The van der Waals surface area contributed by atoms with Gasteiger partial charge >= 0.3 is 0 Å². The van der Waals surface area contributed by atoms with Crippen molar-refractivity contribution in [1.82, 2.24) is 9.97 Å². The molecule has 5 nitrogen and oxygen atoms in total. The van der Waals surface area contributed by atoms with Gasteiger partial charge in [0.05, 0.1) is 11.9 Å². The van der Waals surface area contributed by atoms with Crippen molar-refractivity contribution in [2.24, 2.45) is 29.4 Å². The fourth-order valence-electron chi connectivity index (χ4n) is 5.43. The lowest BCUT2D eigenvalue weighted by atomic mass is 9.76. The molecule has 2 saturated carbocycles. The molecule has 0 unspecified atom stereocenters. The Labute approximate surface area is 167 Å². The van der Waals surface area contributed by atoms with Crippen LogP contribution in [0.3, 0.4) is 0 Å². The minimum Gasteiger partial charge on any atom is -0.369 e. The summed E-state index contributed by atoms with van der Waals surface area (Å²) in [5, 5.41) is 3.70. The van der Waals surface area contributed by atoms with Gasteiger partial charge in [-0.1, -0.05) is 12.1 Å². The SMILES string of the molecule is NC(=O)[C@H]1[C@H]2C[C@H]3[C@H]1Cc1nc(ncc1F)Nc1cccc(c1)CCS[C@@H]3C2. The van der Waals surface area contributed by atoms with E-state index in [4.69, 9.17) is 5.73 Å². The van der Waals surface area contributed by atoms with Crippen LogP contribution in [0.4, 0.5) is 16.0 Å². The van der Waals surface area contributed by atoms with Gasteiger partial charge in [-0.05, 0) is 66.9 Å². The van der Waals surface area contributed by atoms with E-state index in [-0.39, 0.29) is 17.7 Å². The second-order valence-electron chi connectivity index (χ2n) is 8.16. The highest BCUT2D eigenvalue weighted by molar-refractivity contribution is 7.99. The fourth-order valence-corrected chi connectivity index (χ4v) is 7.03. The van der Waals surface area contributed by atoms with E-state index in [2.05, 4.69) is 27.4 Å². The van der Waals surface area contributed by atoms with Crippen LogP contribution < -0.4 is 11.1 Å². The van der Waals surface area contributed by atoms with Crippen molar-refractivity contribution in [3.05, 3.63) is 47.5 Å². The first-order valence-corrected chi connectivity index (χ1v) is 10.9. The average molecular weight is 399 g/mol. The molecule has 1 aromatic carbocycles. The topological polar surface area (TPSA) is 80.9 Å². The monoisotopic (exact) mass is 398 g/mol. The van der Waals surface area contributed by atoms with E-state index in [1.54, 1.807) is 0 Å². The number of fused-ring (bicyclic) bond motifs is 5. The first-order chi connectivity index (χ1) is 13.6. The number of aryl methyl sites for hydroxylation is 1. The molecule has 0 saturated heterocycles. The van der Waals surface area contributed by atoms with Gasteiger partial charge in [0, 0.05) is 16.9 Å². The number of thioether (sulfide) groups is 1. The lowest BCUT2D eigenvalue weighted by molar-refractivity contribution is -0.125. The highest BCUT2D eigenvalue weighted by Gasteiger charge is 2.54. The van der Waals surface area contributed by atoms with Gasteiger partial charge in [0.2, 0.25) is 11.9 Å². The van der Waals surface area contributed by atoms with Crippen molar-refractivity contribution < 1.29 is 9.18 Å². The molecule has 3 N–H and O–H groups in total. The number of amides is 1. The van der Waals surface area contributed by atoms with E-state index in [9.17, 15) is 9.18 Å². The molecular weight excluding hydrogens is 375 g/mol. The second-order valence-corrected chi connectivity index (χ2v) is 9.51. The maximum absolute atomic E-state index is 14.5. The van der Waals surface area contributed by atoms with Crippen molar-refractivity contribution in [1.29, 1.82) is 0 Å². The highest BCUT2D eigenvalue weighted by atomic mass is 32.2. The van der Waals surface area contributed by atoms with Crippen LogP contribution in [0.5, 0.6) is 0 Å². The van der Waals surface area contributed by atoms with Crippen LogP contribution in [0.2, 0.25) is 0 Å². The third kappa shape index (κ3) is 3.15. The molecule has 5 rings (SSSR count). The number of anilines is 2. The number of halogens is 1. The maximum atomic E-state index is 14.5. The summed E-state index contributed by atoms with van der Waals surface area (Å²) in [4.78, 5) is 20.7. The fraction of sp³-hybridized carbons (Fsp3) is 0.476. The Hall–Kier alpha value is -2.15. The van der Waals surface area contributed by atoms with E-state index >= 15 is 0 Å². The molecule has 28 heavy (non-hydrogen) atoms. The molecule has 0 spiro atoms. The molecule has 0 radical (unpaired) electrons. The summed E-state index contributed by atoms with van der Waals surface area (Å²) >= 11 is 2.00. The molecule has 7 heteroatoms. The molecule has 2 aliphatic carbocycles. The van der Waals surface area contributed by atoms with Crippen LogP contribution in [0.15, 0.2) is 30.5 Å². The lowest BCUT2D eigenvalue weighted by Crippen LogP contribution is -2.39. The number of carbonyl (C=O) groups is 1. The lowest BCUT2D eigenvalue weighted by Gasteiger charge is -2.34. The Morgan fingerprint density at radius 3 is 3.04 bits per heavy atom. The predicted molar refractivity (Wildman–Crippen MR) is 108 cm³/mol. The highest BCUT2D eigenvalue weighted by Crippen LogP contribution is 2.56. The molecular formula is C21H23FN4OS. The van der Waals surface area contributed by atoms with E-state index in [0.29, 0.717) is 35.1 Å². The molecule has 146 valence electrons. The molecule has 1 aromatic heterocycles. The van der Waals surface area contributed by atoms with Crippen molar-refractivity contribution in [3.63, 3.8) is 0 Å². The number of aromatic nitrogens is 2. The molecule has 5 atom stereocenters. The molecule has 1 amide bonds. The first kappa shape index (κ1) is 17.9. The smallest absolute Gasteiger partial charge is 0.227 e. The van der Waals surface area contributed by atoms with Crippen LogP contribution in [-0.2, 0) is 17.6 Å². The maximum Gasteiger partial charge on any atom is 0.227 e. The summed E-state index contributed by atoms with van der Waals surface area (Å²) in [6.45, 7) is 0. The number of nitrogens with one attached hydrogen (secondary N) is 1. The number of benzene rings is 1. The van der Waals surface area contributed by atoms with E-state index in [0.717, 1.165) is 30.7 Å².